The molecule has 1 saturated heterocycles. The van der Waals surface area contributed by atoms with Crippen molar-refractivity contribution in [3.8, 4) is 0 Å². The van der Waals surface area contributed by atoms with Crippen molar-refractivity contribution in [2.45, 2.75) is 41.9 Å². The summed E-state index contributed by atoms with van der Waals surface area (Å²) in [5, 5.41) is 9.50. The Morgan fingerprint density at radius 3 is 2.32 bits per heavy atom. The Bertz CT molecular complexity index is 924. The molecular formula is C23H28NO5PS. The number of rotatable bonds is 10. The molecule has 3 rings (SSSR count). The van der Waals surface area contributed by atoms with Crippen molar-refractivity contribution in [1.82, 2.24) is 4.90 Å². The molecule has 1 fully saturated rings. The van der Waals surface area contributed by atoms with Crippen molar-refractivity contribution in [1.29, 1.82) is 0 Å². The van der Waals surface area contributed by atoms with Gasteiger partial charge >= 0.3 is 5.97 Å². The first-order chi connectivity index (χ1) is 14.8. The van der Waals surface area contributed by atoms with E-state index in [0.717, 1.165) is 17.7 Å². The first kappa shape index (κ1) is 23.6. The highest BCUT2D eigenvalue weighted by Gasteiger charge is 2.41. The molecular weight excluding hydrogens is 433 g/mol. The maximum absolute atomic E-state index is 12.7. The van der Waals surface area contributed by atoms with E-state index in [-0.39, 0.29) is 18.0 Å². The molecule has 0 saturated carbocycles. The molecule has 0 bridgehead atoms. The van der Waals surface area contributed by atoms with Gasteiger partial charge in [0.15, 0.2) is 0 Å². The zero-order chi connectivity index (χ0) is 22.3. The predicted octanol–water partition coefficient (Wildman–Crippen LogP) is 4.13. The third kappa shape index (κ3) is 7.23. The number of carboxylic acid groups (broad SMARTS) is 1. The number of amides is 1. The quantitative estimate of drug-likeness (QED) is 0.408. The predicted molar refractivity (Wildman–Crippen MR) is 123 cm³/mol. The number of carboxylic acids is 1. The molecule has 0 aromatic heterocycles. The summed E-state index contributed by atoms with van der Waals surface area (Å²) in [7, 11) is -3.66. The van der Waals surface area contributed by atoms with Crippen molar-refractivity contribution < 1.29 is 24.2 Å². The molecule has 1 amide bonds. The van der Waals surface area contributed by atoms with Gasteiger partial charge in [0.25, 0.3) is 0 Å². The Morgan fingerprint density at radius 1 is 1.03 bits per heavy atom. The number of aryl methyl sites for hydroxylation is 1. The van der Waals surface area contributed by atoms with Crippen molar-refractivity contribution in [2.75, 3.05) is 18.9 Å². The van der Waals surface area contributed by atoms with Gasteiger partial charge in [0, 0.05) is 22.9 Å². The smallest absolute Gasteiger partial charge is 0.326 e. The molecule has 2 unspecified atom stereocenters. The van der Waals surface area contributed by atoms with Crippen LogP contribution in [-0.4, -0.2) is 56.9 Å². The van der Waals surface area contributed by atoms with Gasteiger partial charge in [-0.05, 0) is 43.4 Å². The Labute approximate surface area is 187 Å². The topological polar surface area (TPSA) is 94.9 Å². The lowest BCUT2D eigenvalue weighted by Crippen LogP contribution is -2.42. The number of nitrogens with zero attached hydrogens (tertiary/aromatic N) is 1. The fourth-order valence-corrected chi connectivity index (χ4v) is 6.49. The van der Waals surface area contributed by atoms with Crippen molar-refractivity contribution in [3.63, 3.8) is 0 Å². The van der Waals surface area contributed by atoms with E-state index in [2.05, 4.69) is 0 Å². The number of thioether (sulfide) groups is 1. The average Bonchev–Trinajstić information content (AvgIpc) is 3.17. The fourth-order valence-electron chi connectivity index (χ4n) is 3.80. The van der Waals surface area contributed by atoms with E-state index < -0.39 is 31.4 Å². The van der Waals surface area contributed by atoms with Crippen LogP contribution in [0.3, 0.4) is 0 Å². The number of hydrogen-bond acceptors (Lipinski definition) is 4. The highest BCUT2D eigenvalue weighted by Crippen LogP contribution is 2.43. The minimum atomic E-state index is -3.66. The second-order valence-electron chi connectivity index (χ2n) is 7.86. The van der Waals surface area contributed by atoms with Gasteiger partial charge in [-0.25, -0.2) is 4.79 Å². The SMILES string of the molecule is O=C(O)[C@@H]1CC(Sc2ccccc2)CN1C(=O)CP(=O)(O)CCCCc1ccccc1. The van der Waals surface area contributed by atoms with E-state index in [0.29, 0.717) is 12.8 Å². The molecule has 1 aliphatic heterocycles. The molecule has 1 heterocycles. The first-order valence-corrected chi connectivity index (χ1v) is 13.3. The van der Waals surface area contributed by atoms with Crippen LogP contribution >= 0.6 is 19.1 Å². The minimum absolute atomic E-state index is 0.0589. The number of benzene rings is 2. The molecule has 0 spiro atoms. The summed E-state index contributed by atoms with van der Waals surface area (Å²) in [6.45, 7) is 0.267. The molecule has 2 N–H and O–H groups in total. The van der Waals surface area contributed by atoms with Crippen molar-refractivity contribution >= 4 is 31.0 Å². The van der Waals surface area contributed by atoms with Crippen LogP contribution in [0, 0.1) is 0 Å². The number of carbonyl (C=O) groups excluding carboxylic acids is 1. The van der Waals surface area contributed by atoms with E-state index in [9.17, 15) is 24.2 Å². The molecule has 2 aromatic carbocycles. The molecule has 0 radical (unpaired) electrons. The van der Waals surface area contributed by atoms with Crippen molar-refractivity contribution in [2.24, 2.45) is 0 Å². The van der Waals surface area contributed by atoms with Crippen molar-refractivity contribution in [3.05, 3.63) is 66.2 Å². The van der Waals surface area contributed by atoms with Crippen LogP contribution in [0.15, 0.2) is 65.6 Å². The lowest BCUT2D eigenvalue weighted by atomic mass is 10.1. The summed E-state index contributed by atoms with van der Waals surface area (Å²) in [5.74, 6) is -1.61. The first-order valence-electron chi connectivity index (χ1n) is 10.4. The molecule has 166 valence electrons. The van der Waals surface area contributed by atoms with Gasteiger partial charge in [-0.15, -0.1) is 11.8 Å². The van der Waals surface area contributed by atoms with E-state index in [1.807, 2.05) is 60.7 Å². The van der Waals surface area contributed by atoms with E-state index >= 15 is 0 Å². The second kappa shape index (κ2) is 11.0. The molecule has 2 aromatic rings. The maximum atomic E-state index is 12.7. The summed E-state index contributed by atoms with van der Waals surface area (Å²) in [5.41, 5.74) is 1.18. The van der Waals surface area contributed by atoms with E-state index in [4.69, 9.17) is 0 Å². The van der Waals surface area contributed by atoms with Crippen LogP contribution in [0.2, 0.25) is 0 Å². The van der Waals surface area contributed by atoms with Gasteiger partial charge < -0.3 is 14.9 Å². The molecule has 6 nitrogen and oxygen atoms in total. The Morgan fingerprint density at radius 2 is 1.68 bits per heavy atom. The van der Waals surface area contributed by atoms with Crippen LogP contribution in [0.25, 0.3) is 0 Å². The number of carbonyl (C=O) groups is 2. The van der Waals surface area contributed by atoms with Gasteiger partial charge in [-0.3, -0.25) is 9.36 Å². The minimum Gasteiger partial charge on any atom is -0.480 e. The van der Waals surface area contributed by atoms with Gasteiger partial charge in [0.2, 0.25) is 13.3 Å². The number of aliphatic carboxylic acids is 1. The van der Waals surface area contributed by atoms with Gasteiger partial charge in [0.05, 0.1) is 0 Å². The standard InChI is InChI=1S/C23H28NO5PS/c25-22(17-30(28,29)14-8-7-11-18-9-3-1-4-10-18)24-16-20(15-21(24)23(26)27)31-19-12-5-2-6-13-19/h1-6,9-10,12-13,20-21H,7-8,11,14-17H2,(H,26,27)(H,28,29)/t20?,21-/m0/s1. The molecule has 3 atom stereocenters. The third-order valence-corrected chi connectivity index (χ3v) is 8.36. The zero-order valence-electron chi connectivity index (χ0n) is 17.3. The highest BCUT2D eigenvalue weighted by atomic mass is 32.2. The Kier molecular flexibility index (Phi) is 8.35. The normalized spacial score (nSPS) is 20.4. The van der Waals surface area contributed by atoms with E-state index in [1.165, 1.54) is 22.2 Å². The van der Waals surface area contributed by atoms with Crippen LogP contribution < -0.4 is 0 Å². The maximum Gasteiger partial charge on any atom is 0.326 e. The molecule has 1 aliphatic rings. The largest absolute Gasteiger partial charge is 0.480 e. The molecule has 31 heavy (non-hydrogen) atoms. The highest BCUT2D eigenvalue weighted by molar-refractivity contribution is 8.00. The Hall–Kier alpha value is -2.08. The third-order valence-electron chi connectivity index (χ3n) is 5.36. The fraction of sp³-hybridized carbons (Fsp3) is 0.391. The van der Waals surface area contributed by atoms with Gasteiger partial charge in [0.1, 0.15) is 12.2 Å². The Balaban J connectivity index is 1.51. The number of hydrogen-bond donors (Lipinski definition) is 2. The van der Waals surface area contributed by atoms with Crippen LogP contribution in [0.4, 0.5) is 0 Å². The zero-order valence-corrected chi connectivity index (χ0v) is 19.0. The monoisotopic (exact) mass is 461 g/mol. The summed E-state index contributed by atoms with van der Waals surface area (Å²) < 4.78 is 12.6. The molecule has 0 aliphatic carbocycles. The summed E-state index contributed by atoms with van der Waals surface area (Å²) in [6.07, 6.45) is 2.03. The second-order valence-corrected chi connectivity index (χ2v) is 11.7. The number of unbranched alkanes of at least 4 members (excludes halogenated alkanes) is 1. The summed E-state index contributed by atoms with van der Waals surface area (Å²) in [6, 6.07) is 18.6. The average molecular weight is 462 g/mol. The van der Waals surface area contributed by atoms with Gasteiger partial charge in [-0.2, -0.15) is 0 Å². The lowest BCUT2D eigenvalue weighted by Gasteiger charge is -2.23. The molecule has 8 heteroatoms. The van der Waals surface area contributed by atoms with Crippen LogP contribution in [0.5, 0.6) is 0 Å². The van der Waals surface area contributed by atoms with E-state index in [1.54, 1.807) is 0 Å². The van der Waals surface area contributed by atoms with Crippen LogP contribution in [0.1, 0.15) is 24.8 Å². The number of likely N-dealkylation sites (tertiary alicyclic amines) is 1. The lowest BCUT2D eigenvalue weighted by molar-refractivity contribution is -0.147. The van der Waals surface area contributed by atoms with Crippen LogP contribution in [-0.2, 0) is 20.6 Å². The summed E-state index contributed by atoms with van der Waals surface area (Å²) >= 11 is 1.54. The van der Waals surface area contributed by atoms with Gasteiger partial charge in [-0.1, -0.05) is 48.5 Å². The summed E-state index contributed by atoms with van der Waals surface area (Å²) in [4.78, 5) is 37.0.